The summed E-state index contributed by atoms with van der Waals surface area (Å²) >= 11 is 0. The van der Waals surface area contributed by atoms with Gasteiger partial charge in [0.15, 0.2) is 0 Å². The molecule has 2 amide bonds. The Labute approximate surface area is 152 Å². The van der Waals surface area contributed by atoms with Gasteiger partial charge in [-0.3, -0.25) is 9.59 Å². The summed E-state index contributed by atoms with van der Waals surface area (Å²) in [5, 5.41) is 8.43. The van der Waals surface area contributed by atoms with Gasteiger partial charge in [0.1, 0.15) is 11.5 Å². The Bertz CT molecular complexity index is 861. The number of hydrazone groups is 1. The molecule has 26 heavy (non-hydrogen) atoms. The van der Waals surface area contributed by atoms with Crippen LogP contribution in [0.3, 0.4) is 0 Å². The first-order chi connectivity index (χ1) is 12.6. The van der Waals surface area contributed by atoms with Gasteiger partial charge in [0.05, 0.1) is 18.0 Å². The molecule has 0 saturated heterocycles. The summed E-state index contributed by atoms with van der Waals surface area (Å²) in [5.74, 6) is 0.149. The zero-order valence-electron chi connectivity index (χ0n) is 14.9. The minimum Gasteiger partial charge on any atom is -0.492 e. The van der Waals surface area contributed by atoms with Crippen molar-refractivity contribution in [1.82, 2.24) is 0 Å². The topological polar surface area (TPSA) is 71.0 Å². The number of carbonyl (C=O) groups excluding carboxylic acids is 2. The lowest BCUT2D eigenvalue weighted by Gasteiger charge is -2.23. The molecule has 0 aliphatic carbocycles. The van der Waals surface area contributed by atoms with Crippen molar-refractivity contribution in [3.63, 3.8) is 0 Å². The Balaban J connectivity index is 1.83. The summed E-state index contributed by atoms with van der Waals surface area (Å²) in [6, 6.07) is 14.7. The highest BCUT2D eigenvalue weighted by Gasteiger charge is 2.26. The number of ether oxygens (including phenoxy) is 1. The van der Waals surface area contributed by atoms with Crippen molar-refractivity contribution < 1.29 is 14.3 Å². The van der Waals surface area contributed by atoms with Gasteiger partial charge in [-0.25, -0.2) is 5.01 Å². The molecule has 0 saturated carbocycles. The van der Waals surface area contributed by atoms with E-state index in [0.29, 0.717) is 35.9 Å². The van der Waals surface area contributed by atoms with E-state index < -0.39 is 0 Å². The smallest absolute Gasteiger partial charge is 0.271 e. The van der Waals surface area contributed by atoms with E-state index in [1.165, 1.54) is 5.01 Å². The van der Waals surface area contributed by atoms with E-state index in [9.17, 15) is 9.59 Å². The van der Waals surface area contributed by atoms with Gasteiger partial charge in [0.25, 0.3) is 5.91 Å². The second-order valence-electron chi connectivity index (χ2n) is 5.97. The highest BCUT2D eigenvalue weighted by Crippen LogP contribution is 2.25. The Hall–Kier alpha value is -3.15. The quantitative estimate of drug-likeness (QED) is 0.896. The molecule has 1 aliphatic heterocycles. The van der Waals surface area contributed by atoms with E-state index >= 15 is 0 Å². The Kier molecular flexibility index (Phi) is 5.31. The molecule has 0 spiro atoms. The van der Waals surface area contributed by atoms with Gasteiger partial charge < -0.3 is 10.1 Å². The Morgan fingerprint density at radius 1 is 1.19 bits per heavy atom. The summed E-state index contributed by atoms with van der Waals surface area (Å²) in [5.41, 5.74) is 2.58. The van der Waals surface area contributed by atoms with Crippen LogP contribution in [0.4, 0.5) is 11.4 Å². The van der Waals surface area contributed by atoms with E-state index in [4.69, 9.17) is 4.74 Å². The lowest BCUT2D eigenvalue weighted by Crippen LogP contribution is -2.36. The highest BCUT2D eigenvalue weighted by atomic mass is 16.5. The summed E-state index contributed by atoms with van der Waals surface area (Å²) in [7, 11) is 0. The van der Waals surface area contributed by atoms with Crippen molar-refractivity contribution in [1.29, 1.82) is 0 Å². The number of hydrogen-bond donors (Lipinski definition) is 1. The zero-order valence-corrected chi connectivity index (χ0v) is 14.9. The summed E-state index contributed by atoms with van der Waals surface area (Å²) in [6.07, 6.45) is 0.553. The fraction of sp³-hybridized carbons (Fsp3) is 0.250. The number of anilines is 2. The second kappa shape index (κ2) is 7.82. The molecule has 0 unspecified atom stereocenters. The molecule has 0 fully saturated rings. The maximum Gasteiger partial charge on any atom is 0.271 e. The van der Waals surface area contributed by atoms with Gasteiger partial charge in [-0.1, -0.05) is 24.3 Å². The summed E-state index contributed by atoms with van der Waals surface area (Å²) in [6.45, 7) is 4.33. The maximum absolute atomic E-state index is 12.6. The van der Waals surface area contributed by atoms with Crippen molar-refractivity contribution in [3.05, 3.63) is 54.1 Å². The molecular formula is C20H21N3O3. The van der Waals surface area contributed by atoms with Crippen LogP contribution in [0.1, 0.15) is 25.3 Å². The number of nitrogens with zero attached hydrogens (tertiary/aromatic N) is 2. The first-order valence-electron chi connectivity index (χ1n) is 8.58. The molecule has 1 aliphatic rings. The van der Waals surface area contributed by atoms with Crippen molar-refractivity contribution >= 4 is 28.9 Å². The van der Waals surface area contributed by atoms with Gasteiger partial charge >= 0.3 is 0 Å². The monoisotopic (exact) mass is 351 g/mol. The van der Waals surface area contributed by atoms with Crippen molar-refractivity contribution in [2.45, 2.75) is 26.7 Å². The Morgan fingerprint density at radius 2 is 2.00 bits per heavy atom. The molecule has 0 atom stereocenters. The average molecular weight is 351 g/mol. The minimum absolute atomic E-state index is 0.123. The number of carbonyl (C=O) groups is 2. The van der Waals surface area contributed by atoms with Crippen LogP contribution in [-0.4, -0.2) is 24.1 Å². The van der Waals surface area contributed by atoms with Crippen LogP contribution in [0.25, 0.3) is 0 Å². The van der Waals surface area contributed by atoms with Gasteiger partial charge in [-0.2, -0.15) is 5.10 Å². The first kappa shape index (κ1) is 17.7. The molecule has 3 rings (SSSR count). The summed E-state index contributed by atoms with van der Waals surface area (Å²) in [4.78, 5) is 24.9. The van der Waals surface area contributed by atoms with E-state index in [1.54, 1.807) is 18.2 Å². The van der Waals surface area contributed by atoms with Crippen LogP contribution in [0, 0.1) is 6.92 Å². The predicted molar refractivity (Wildman–Crippen MR) is 102 cm³/mol. The third kappa shape index (κ3) is 3.91. The fourth-order valence-corrected chi connectivity index (χ4v) is 2.72. The van der Waals surface area contributed by atoms with Gasteiger partial charge in [0.2, 0.25) is 5.91 Å². The molecule has 6 heteroatoms. The number of rotatable bonds is 5. The number of aryl methyl sites for hydroxylation is 1. The fourth-order valence-electron chi connectivity index (χ4n) is 2.72. The van der Waals surface area contributed by atoms with E-state index in [0.717, 1.165) is 5.56 Å². The normalized spacial score (nSPS) is 14.0. The Morgan fingerprint density at radius 3 is 2.77 bits per heavy atom. The summed E-state index contributed by atoms with van der Waals surface area (Å²) < 4.78 is 5.53. The van der Waals surface area contributed by atoms with Crippen LogP contribution in [0.15, 0.2) is 53.6 Å². The third-order valence-corrected chi connectivity index (χ3v) is 3.98. The van der Waals surface area contributed by atoms with Crippen LogP contribution < -0.4 is 15.1 Å². The van der Waals surface area contributed by atoms with Gasteiger partial charge in [-0.05, 0) is 43.7 Å². The minimum atomic E-state index is -0.331. The van der Waals surface area contributed by atoms with Crippen molar-refractivity contribution in [2.24, 2.45) is 5.10 Å². The third-order valence-electron chi connectivity index (χ3n) is 3.98. The largest absolute Gasteiger partial charge is 0.492 e. The molecular weight excluding hydrogens is 330 g/mol. The number of nitrogens with one attached hydrogen (secondary N) is 1. The number of para-hydroxylation sites is 2. The molecule has 6 nitrogen and oxygen atoms in total. The molecule has 134 valence electrons. The van der Waals surface area contributed by atoms with Crippen molar-refractivity contribution in [2.75, 3.05) is 16.9 Å². The lowest BCUT2D eigenvalue weighted by atomic mass is 10.1. The van der Waals surface area contributed by atoms with E-state index in [2.05, 4.69) is 10.4 Å². The predicted octanol–water partition coefficient (Wildman–Crippen LogP) is 3.52. The van der Waals surface area contributed by atoms with Crippen molar-refractivity contribution in [3.8, 4) is 5.75 Å². The van der Waals surface area contributed by atoms with Crippen LogP contribution in [0.2, 0.25) is 0 Å². The van der Waals surface area contributed by atoms with Crippen LogP contribution in [0.5, 0.6) is 5.75 Å². The molecule has 0 aromatic heterocycles. The number of benzene rings is 2. The molecule has 2 aromatic carbocycles. The standard InChI is InChI=1S/C20H21N3O3/c1-3-26-18-10-5-4-9-16(18)21-20(25)17-11-12-19(24)23(22-17)15-8-6-7-14(2)13-15/h4-10,13H,3,11-12H2,1-2H3,(H,21,25). The van der Waals surface area contributed by atoms with E-state index in [1.807, 2.05) is 44.2 Å². The number of hydrogen-bond acceptors (Lipinski definition) is 4. The molecule has 0 bridgehead atoms. The zero-order chi connectivity index (χ0) is 18.5. The average Bonchev–Trinajstić information content (AvgIpc) is 2.64. The van der Waals surface area contributed by atoms with E-state index in [-0.39, 0.29) is 18.2 Å². The van der Waals surface area contributed by atoms with Gasteiger partial charge in [0, 0.05) is 12.8 Å². The number of amides is 2. The molecule has 0 radical (unpaired) electrons. The SMILES string of the molecule is CCOc1ccccc1NC(=O)C1=NN(c2cccc(C)c2)C(=O)CC1. The molecule has 2 aromatic rings. The second-order valence-corrected chi connectivity index (χ2v) is 5.97. The maximum atomic E-state index is 12.6. The van der Waals surface area contributed by atoms with Gasteiger partial charge in [-0.15, -0.1) is 0 Å². The van der Waals surface area contributed by atoms with Crippen LogP contribution >= 0.6 is 0 Å². The highest BCUT2D eigenvalue weighted by molar-refractivity contribution is 6.44. The molecule has 1 heterocycles. The molecule has 1 N–H and O–H groups in total. The van der Waals surface area contributed by atoms with Crippen LogP contribution in [-0.2, 0) is 9.59 Å². The first-order valence-corrected chi connectivity index (χ1v) is 8.58. The lowest BCUT2D eigenvalue weighted by molar-refractivity contribution is -0.118.